The molecule has 1 unspecified atom stereocenters. The average molecular weight is 432 g/mol. The predicted molar refractivity (Wildman–Crippen MR) is 120 cm³/mol. The van der Waals surface area contributed by atoms with Gasteiger partial charge in [-0.2, -0.15) is 15.0 Å². The Labute approximate surface area is 185 Å². The van der Waals surface area contributed by atoms with Crippen molar-refractivity contribution in [3.63, 3.8) is 0 Å². The second-order valence-electron chi connectivity index (χ2n) is 8.18. The quantitative estimate of drug-likeness (QED) is 0.435. The van der Waals surface area contributed by atoms with Gasteiger partial charge in [-0.1, -0.05) is 19.1 Å². The summed E-state index contributed by atoms with van der Waals surface area (Å²) >= 11 is 0. The Kier molecular flexibility index (Phi) is 6.09. The maximum Gasteiger partial charge on any atom is 0.164 e. The van der Waals surface area contributed by atoms with Gasteiger partial charge in [0.05, 0.1) is 42.1 Å². The van der Waals surface area contributed by atoms with Crippen molar-refractivity contribution in [2.24, 2.45) is 5.92 Å². The molecule has 0 saturated carbocycles. The number of nitrogens with zero attached hydrogens (tertiary/aromatic N) is 8. The molecule has 0 fully saturated rings. The van der Waals surface area contributed by atoms with Gasteiger partial charge in [-0.05, 0) is 31.7 Å². The molecule has 0 spiro atoms. The monoisotopic (exact) mass is 431 g/mol. The summed E-state index contributed by atoms with van der Waals surface area (Å²) in [6.07, 6.45) is 8.66. The Balaban J connectivity index is 1.73. The normalized spacial score (nSPS) is 12.2. The van der Waals surface area contributed by atoms with E-state index >= 15 is 0 Å². The van der Waals surface area contributed by atoms with Crippen LogP contribution in [0, 0.1) is 17.2 Å². The van der Waals surface area contributed by atoms with Gasteiger partial charge in [-0.15, -0.1) is 5.10 Å². The van der Waals surface area contributed by atoms with E-state index in [0.29, 0.717) is 28.6 Å². The van der Waals surface area contributed by atoms with Crippen LogP contribution in [0.15, 0.2) is 36.9 Å². The number of aromatic nitrogens is 7. The molecule has 1 atom stereocenters. The Hall–Kier alpha value is -3.84. The van der Waals surface area contributed by atoms with Crippen LogP contribution in [-0.2, 0) is 6.42 Å². The van der Waals surface area contributed by atoms with Crippen molar-refractivity contribution in [3.05, 3.63) is 48.2 Å². The minimum atomic E-state index is -0.182. The van der Waals surface area contributed by atoms with Crippen LogP contribution in [0.5, 0.6) is 0 Å². The smallest absolute Gasteiger partial charge is 0.164 e. The van der Waals surface area contributed by atoms with Crippen LogP contribution in [0.25, 0.3) is 22.5 Å². The second-order valence-corrected chi connectivity index (χ2v) is 8.18. The van der Waals surface area contributed by atoms with E-state index in [4.69, 9.17) is 5.26 Å². The Bertz CT molecular complexity index is 1270. The summed E-state index contributed by atoms with van der Waals surface area (Å²) in [7, 11) is 0. The number of aryl methyl sites for hydroxylation is 1. The van der Waals surface area contributed by atoms with Crippen LogP contribution >= 0.6 is 0 Å². The topological polar surface area (TPSA) is 130 Å². The molecule has 4 aromatic heterocycles. The van der Waals surface area contributed by atoms with E-state index in [1.54, 1.807) is 27.8 Å². The number of aliphatic hydroxyl groups excluding tert-OH is 1. The number of anilines is 1. The maximum atomic E-state index is 9.56. The molecule has 10 nitrogen and oxygen atoms in total. The molecule has 0 aliphatic carbocycles. The van der Waals surface area contributed by atoms with Gasteiger partial charge in [0.25, 0.3) is 0 Å². The summed E-state index contributed by atoms with van der Waals surface area (Å²) in [6.45, 7) is 6.21. The molecular formula is C22H25N9O. The van der Waals surface area contributed by atoms with Crippen molar-refractivity contribution < 1.29 is 5.11 Å². The van der Waals surface area contributed by atoms with E-state index in [9.17, 15) is 5.11 Å². The van der Waals surface area contributed by atoms with Crippen LogP contribution < -0.4 is 5.32 Å². The number of aliphatic hydroxyl groups is 1. The molecular weight excluding hydrogens is 406 g/mol. The molecule has 0 aliphatic rings. The fraction of sp³-hybridized carbons (Fsp3) is 0.364. The highest BCUT2D eigenvalue weighted by Gasteiger charge is 2.15. The molecule has 0 amide bonds. The van der Waals surface area contributed by atoms with Crippen molar-refractivity contribution in [1.29, 1.82) is 5.26 Å². The van der Waals surface area contributed by atoms with Crippen LogP contribution in [0.1, 0.15) is 38.4 Å². The van der Waals surface area contributed by atoms with Gasteiger partial charge in [-0.25, -0.2) is 14.6 Å². The Morgan fingerprint density at radius 3 is 2.75 bits per heavy atom. The summed E-state index contributed by atoms with van der Waals surface area (Å²) in [4.78, 5) is 8.94. The number of nitriles is 1. The molecule has 4 aromatic rings. The van der Waals surface area contributed by atoms with E-state index < -0.39 is 0 Å². The van der Waals surface area contributed by atoms with Gasteiger partial charge in [0.1, 0.15) is 11.8 Å². The number of hydrogen-bond acceptors (Lipinski definition) is 8. The van der Waals surface area contributed by atoms with Gasteiger partial charge in [-0.3, -0.25) is 0 Å². The van der Waals surface area contributed by atoms with E-state index in [2.05, 4.69) is 50.6 Å². The highest BCUT2D eigenvalue weighted by molar-refractivity contribution is 5.77. The number of nitrogens with one attached hydrogen (secondary N) is 1. The molecule has 0 radical (unpaired) electrons. The van der Waals surface area contributed by atoms with Gasteiger partial charge >= 0.3 is 0 Å². The molecule has 0 aromatic carbocycles. The first-order valence-corrected chi connectivity index (χ1v) is 10.5. The third-order valence-corrected chi connectivity index (χ3v) is 5.06. The molecule has 0 saturated heterocycles. The third kappa shape index (κ3) is 4.43. The molecule has 0 aliphatic heterocycles. The lowest BCUT2D eigenvalue weighted by Crippen LogP contribution is -2.21. The minimum Gasteiger partial charge on any atom is -0.394 e. The van der Waals surface area contributed by atoms with E-state index in [1.165, 1.54) is 6.20 Å². The number of rotatable bonds is 8. The van der Waals surface area contributed by atoms with Crippen LogP contribution in [0.4, 0.5) is 5.69 Å². The van der Waals surface area contributed by atoms with Gasteiger partial charge < -0.3 is 10.4 Å². The van der Waals surface area contributed by atoms with E-state index in [-0.39, 0.29) is 12.6 Å². The third-order valence-electron chi connectivity index (χ3n) is 5.06. The predicted octanol–water partition coefficient (Wildman–Crippen LogP) is 2.65. The number of hydrogen-bond donors (Lipinski definition) is 2. The first-order chi connectivity index (χ1) is 15.5. The van der Waals surface area contributed by atoms with Gasteiger partial charge in [0, 0.05) is 23.7 Å². The molecule has 4 heterocycles. The first-order valence-electron chi connectivity index (χ1n) is 10.5. The first kappa shape index (κ1) is 21.4. The standard InChI is InChI=1S/C22H25N9O/c1-14(2)4-5-18-12-30(29-28-18)20-11-24-21(7-19(20)27-15(3)13-32)31-22-17(10-26-31)6-16(8-23)9-25-22/h6-7,9-12,14-15,32H,4-5,13H2,1-3H3,(H,24,27). The zero-order chi connectivity index (χ0) is 22.7. The Morgan fingerprint density at radius 2 is 2.00 bits per heavy atom. The summed E-state index contributed by atoms with van der Waals surface area (Å²) in [5, 5.41) is 35.7. The molecule has 164 valence electrons. The summed E-state index contributed by atoms with van der Waals surface area (Å²) in [5.74, 6) is 1.14. The summed E-state index contributed by atoms with van der Waals surface area (Å²) in [5.41, 5.74) is 3.43. The SMILES string of the molecule is CC(C)CCc1cn(-c2cnc(-n3ncc4cc(C#N)cnc43)cc2NC(C)CO)nn1. The Morgan fingerprint density at radius 1 is 1.16 bits per heavy atom. The minimum absolute atomic E-state index is 0.0305. The van der Waals surface area contributed by atoms with Crippen LogP contribution in [0.2, 0.25) is 0 Å². The van der Waals surface area contributed by atoms with Crippen molar-refractivity contribution in [3.8, 4) is 17.6 Å². The largest absolute Gasteiger partial charge is 0.394 e. The fourth-order valence-electron chi connectivity index (χ4n) is 3.28. The lowest BCUT2D eigenvalue weighted by Gasteiger charge is -2.17. The maximum absolute atomic E-state index is 9.56. The summed E-state index contributed by atoms with van der Waals surface area (Å²) < 4.78 is 3.31. The highest BCUT2D eigenvalue weighted by atomic mass is 16.3. The molecule has 10 heteroatoms. The van der Waals surface area contributed by atoms with Crippen molar-refractivity contribution in [1.82, 2.24) is 34.7 Å². The zero-order valence-corrected chi connectivity index (χ0v) is 18.3. The average Bonchev–Trinajstić information content (AvgIpc) is 3.44. The molecule has 2 N–H and O–H groups in total. The molecule has 0 bridgehead atoms. The van der Waals surface area contributed by atoms with E-state index in [0.717, 1.165) is 29.6 Å². The molecule has 4 rings (SSSR count). The highest BCUT2D eigenvalue weighted by Crippen LogP contribution is 2.24. The van der Waals surface area contributed by atoms with Gasteiger partial charge in [0.2, 0.25) is 0 Å². The van der Waals surface area contributed by atoms with Crippen LogP contribution in [-0.4, -0.2) is 52.5 Å². The molecule has 32 heavy (non-hydrogen) atoms. The second kappa shape index (κ2) is 9.11. The number of pyridine rings is 2. The van der Waals surface area contributed by atoms with Crippen molar-refractivity contribution in [2.45, 2.75) is 39.7 Å². The lowest BCUT2D eigenvalue weighted by molar-refractivity contribution is 0.281. The van der Waals surface area contributed by atoms with Crippen molar-refractivity contribution >= 4 is 16.7 Å². The van der Waals surface area contributed by atoms with E-state index in [1.807, 2.05) is 19.2 Å². The number of fused-ring (bicyclic) bond motifs is 1. The van der Waals surface area contributed by atoms with Gasteiger partial charge in [0.15, 0.2) is 11.5 Å². The fourth-order valence-corrected chi connectivity index (χ4v) is 3.28. The van der Waals surface area contributed by atoms with Crippen molar-refractivity contribution in [2.75, 3.05) is 11.9 Å². The summed E-state index contributed by atoms with van der Waals surface area (Å²) in [6, 6.07) is 5.48. The lowest BCUT2D eigenvalue weighted by atomic mass is 10.1. The zero-order valence-electron chi connectivity index (χ0n) is 18.3. The van der Waals surface area contributed by atoms with Crippen LogP contribution in [0.3, 0.4) is 0 Å².